The van der Waals surface area contributed by atoms with Gasteiger partial charge in [-0.1, -0.05) is 30.3 Å². The Morgan fingerprint density at radius 1 is 0.745 bits per heavy atom. The number of nitrogens with two attached hydrogens (primary N) is 1. The molecular formula is C39H49N5O3. The lowest BCUT2D eigenvalue weighted by molar-refractivity contribution is -0.191. The second-order valence-electron chi connectivity index (χ2n) is 14.9. The third-order valence-electron chi connectivity index (χ3n) is 12.7. The number of aromatic nitrogens is 2. The van der Waals surface area contributed by atoms with Crippen molar-refractivity contribution in [3.63, 3.8) is 0 Å². The van der Waals surface area contributed by atoms with Crippen LogP contribution in [-0.4, -0.2) is 74.2 Å². The van der Waals surface area contributed by atoms with E-state index in [2.05, 4.69) is 86.9 Å². The summed E-state index contributed by atoms with van der Waals surface area (Å²) in [4.78, 5) is 34.6. The van der Waals surface area contributed by atoms with Crippen LogP contribution in [0.2, 0.25) is 0 Å². The van der Waals surface area contributed by atoms with Crippen molar-refractivity contribution in [1.29, 1.82) is 0 Å². The van der Waals surface area contributed by atoms with E-state index in [1.54, 1.807) is 0 Å². The number of piperidine rings is 6. The topological polar surface area (TPSA) is 93.6 Å². The molecule has 2 spiro atoms. The maximum absolute atomic E-state index is 13.0. The first kappa shape index (κ1) is 32.0. The molecule has 0 unspecified atom stereocenters. The summed E-state index contributed by atoms with van der Waals surface area (Å²) in [6.45, 7) is 5.20. The summed E-state index contributed by atoms with van der Waals surface area (Å²) in [7, 11) is 4.10. The van der Waals surface area contributed by atoms with E-state index in [1.807, 2.05) is 13.1 Å². The third kappa shape index (κ3) is 5.91. The summed E-state index contributed by atoms with van der Waals surface area (Å²) in [6.07, 6.45) is 15.9. The lowest BCUT2D eigenvalue weighted by atomic mass is 9.69. The van der Waals surface area contributed by atoms with E-state index in [1.165, 1.54) is 93.8 Å². The van der Waals surface area contributed by atoms with Gasteiger partial charge in [-0.25, -0.2) is 0 Å². The van der Waals surface area contributed by atoms with Crippen molar-refractivity contribution in [3.05, 3.63) is 72.6 Å². The predicted octanol–water partition coefficient (Wildman–Crippen LogP) is 5.79. The average molecular weight is 636 g/mol. The predicted molar refractivity (Wildman–Crippen MR) is 184 cm³/mol. The quantitative estimate of drug-likeness (QED) is 0.287. The Morgan fingerprint density at radius 2 is 1.28 bits per heavy atom. The molecule has 248 valence electrons. The molecule has 8 heterocycles. The SMILES string of the molecule is Cn1ccc2ccc(C(=O)C[C@@H]3C4CCN(CC4)C34CC4)cc21.Cn1ccc2ccccc21.N[C@@H]1C2CCN(CC2)C12CC2.O=C=O. The standard InChI is InChI=1S/C20H24N2O.C9H16N2.C9H9N.CO2/c1-21-9-4-15-2-3-16(12-18(15)21)19(23)13-17-14-5-10-22(11-6-14)20(17)7-8-20;10-8-7-1-5-11(6-2-7)9(8)3-4-9;1-10-7-6-8-4-2-3-5-9(8)10;2-1-3/h2-4,9,12,14,17H,5-8,10-11,13H2,1H3;7-8H,1-6,10H2;2-7H,1H3;/t17-;8-;;/m11../s1. The number of aryl methyl sites for hydroxylation is 2. The summed E-state index contributed by atoms with van der Waals surface area (Å²) in [5.74, 6) is 2.59. The lowest BCUT2D eigenvalue weighted by Crippen LogP contribution is -2.63. The minimum absolute atomic E-state index is 0.250. The van der Waals surface area contributed by atoms with Crippen LogP contribution < -0.4 is 5.73 Å². The van der Waals surface area contributed by atoms with Gasteiger partial charge in [0, 0.05) is 66.6 Å². The molecule has 8 aliphatic rings. The molecule has 4 aromatic rings. The van der Waals surface area contributed by atoms with E-state index < -0.39 is 0 Å². The number of carbonyl (C=O) groups excluding carboxylic acids is 3. The number of Topliss-reactive ketones (excluding diaryl/α,β-unsaturated/α-hetero) is 1. The number of nitrogens with zero attached hydrogens (tertiary/aromatic N) is 4. The molecule has 6 saturated heterocycles. The van der Waals surface area contributed by atoms with Crippen molar-refractivity contribution in [2.45, 2.75) is 74.9 Å². The highest BCUT2D eigenvalue weighted by Gasteiger charge is 2.60. The first-order chi connectivity index (χ1) is 22.8. The van der Waals surface area contributed by atoms with Crippen LogP contribution in [-0.2, 0) is 23.7 Å². The molecule has 0 radical (unpaired) electrons. The fraction of sp³-hybridized carbons (Fsp3) is 0.538. The van der Waals surface area contributed by atoms with Crippen molar-refractivity contribution in [2.24, 2.45) is 37.6 Å². The number of fused-ring (bicyclic) bond motifs is 6. The number of hydrogen-bond acceptors (Lipinski definition) is 6. The molecular weight excluding hydrogens is 586 g/mol. The molecule has 8 nitrogen and oxygen atoms in total. The van der Waals surface area contributed by atoms with Gasteiger partial charge in [0.25, 0.3) is 0 Å². The van der Waals surface area contributed by atoms with Crippen molar-refractivity contribution >= 4 is 33.7 Å². The van der Waals surface area contributed by atoms with Gasteiger partial charge in [0.2, 0.25) is 0 Å². The number of carbonyl (C=O) groups is 1. The minimum Gasteiger partial charge on any atom is -0.351 e. The fourth-order valence-electron chi connectivity index (χ4n) is 9.70. The Kier molecular flexibility index (Phi) is 8.73. The highest BCUT2D eigenvalue weighted by molar-refractivity contribution is 5.99. The Balaban J connectivity index is 0.000000121. The molecule has 0 amide bonds. The van der Waals surface area contributed by atoms with Crippen LogP contribution in [0.3, 0.4) is 0 Å². The second-order valence-corrected chi connectivity index (χ2v) is 14.9. The van der Waals surface area contributed by atoms with Gasteiger partial charge >= 0.3 is 6.15 Å². The van der Waals surface area contributed by atoms with E-state index >= 15 is 0 Å². The van der Waals surface area contributed by atoms with Gasteiger partial charge in [0.05, 0.1) is 0 Å². The number of ketones is 1. The van der Waals surface area contributed by atoms with E-state index in [4.69, 9.17) is 15.3 Å². The van der Waals surface area contributed by atoms with E-state index in [0.717, 1.165) is 29.3 Å². The Hall–Kier alpha value is -3.55. The van der Waals surface area contributed by atoms with Gasteiger partial charge in [-0.3, -0.25) is 14.6 Å². The summed E-state index contributed by atoms with van der Waals surface area (Å²) in [5, 5.41) is 2.52. The summed E-state index contributed by atoms with van der Waals surface area (Å²) in [6, 6.07) is 19.3. The van der Waals surface area contributed by atoms with Gasteiger partial charge in [0.1, 0.15) is 0 Å². The molecule has 12 rings (SSSR count). The van der Waals surface area contributed by atoms with Crippen molar-refractivity contribution < 1.29 is 14.4 Å². The molecule has 2 atom stereocenters. The van der Waals surface area contributed by atoms with Gasteiger partial charge in [-0.2, -0.15) is 9.59 Å². The molecule has 2 saturated carbocycles. The van der Waals surface area contributed by atoms with Crippen LogP contribution in [0.4, 0.5) is 0 Å². The maximum atomic E-state index is 13.0. The van der Waals surface area contributed by atoms with Gasteiger partial charge < -0.3 is 14.9 Å². The Labute approximate surface area is 277 Å². The van der Waals surface area contributed by atoms with Crippen LogP contribution >= 0.6 is 0 Å². The fourth-order valence-corrected chi connectivity index (χ4v) is 9.70. The summed E-state index contributed by atoms with van der Waals surface area (Å²) >= 11 is 0. The van der Waals surface area contributed by atoms with E-state index in [9.17, 15) is 4.79 Å². The molecule has 47 heavy (non-hydrogen) atoms. The zero-order chi connectivity index (χ0) is 32.8. The smallest absolute Gasteiger partial charge is 0.351 e. The summed E-state index contributed by atoms with van der Waals surface area (Å²) in [5.41, 5.74) is 10.5. The van der Waals surface area contributed by atoms with Crippen molar-refractivity contribution in [2.75, 3.05) is 26.2 Å². The second kappa shape index (κ2) is 12.8. The zero-order valence-electron chi connectivity index (χ0n) is 27.9. The largest absolute Gasteiger partial charge is 0.373 e. The average Bonchev–Trinajstić information content (AvgIpc) is 4.01. The molecule has 8 fully saturated rings. The maximum Gasteiger partial charge on any atom is 0.373 e. The first-order valence-corrected chi connectivity index (χ1v) is 17.6. The molecule has 6 aliphatic heterocycles. The van der Waals surface area contributed by atoms with E-state index in [-0.39, 0.29) is 6.15 Å². The van der Waals surface area contributed by atoms with Crippen LogP contribution in [0, 0.1) is 17.8 Å². The molecule has 2 N–H and O–H groups in total. The normalized spacial score (nSPS) is 29.6. The number of rotatable bonds is 3. The highest BCUT2D eigenvalue weighted by Crippen LogP contribution is 2.58. The molecule has 4 bridgehead atoms. The molecule has 2 aliphatic carbocycles. The van der Waals surface area contributed by atoms with Crippen molar-refractivity contribution in [3.8, 4) is 0 Å². The molecule has 8 heteroatoms. The monoisotopic (exact) mass is 635 g/mol. The Morgan fingerprint density at radius 3 is 1.83 bits per heavy atom. The number of hydrogen-bond donors (Lipinski definition) is 1. The Bertz CT molecular complexity index is 1760. The van der Waals surface area contributed by atoms with Gasteiger partial charge in [0.15, 0.2) is 5.78 Å². The van der Waals surface area contributed by atoms with Crippen LogP contribution in [0.15, 0.2) is 67.0 Å². The number of para-hydroxylation sites is 1. The van der Waals surface area contributed by atoms with Gasteiger partial charge in [-0.05, 0) is 130 Å². The molecule has 2 aromatic heterocycles. The highest BCUT2D eigenvalue weighted by atomic mass is 16.2. The lowest BCUT2D eigenvalue weighted by Gasteiger charge is -2.52. The summed E-state index contributed by atoms with van der Waals surface area (Å²) < 4.78 is 4.22. The van der Waals surface area contributed by atoms with Crippen LogP contribution in [0.5, 0.6) is 0 Å². The van der Waals surface area contributed by atoms with Crippen LogP contribution in [0.1, 0.15) is 68.1 Å². The first-order valence-electron chi connectivity index (χ1n) is 17.6. The molecule has 2 aromatic carbocycles. The van der Waals surface area contributed by atoms with E-state index in [0.29, 0.717) is 28.8 Å². The zero-order valence-corrected chi connectivity index (χ0v) is 27.9. The minimum atomic E-state index is 0.250. The number of benzene rings is 2. The van der Waals surface area contributed by atoms with Crippen molar-refractivity contribution in [1.82, 2.24) is 18.9 Å². The third-order valence-corrected chi connectivity index (χ3v) is 12.7. The van der Waals surface area contributed by atoms with Gasteiger partial charge in [-0.15, -0.1) is 0 Å². The van der Waals surface area contributed by atoms with Crippen LogP contribution in [0.25, 0.3) is 21.8 Å².